The molecule has 1 amide bonds. The van der Waals surface area contributed by atoms with Crippen LogP contribution in [0.1, 0.15) is 5.56 Å². The minimum Gasteiger partial charge on any atom is -0.508 e. The lowest BCUT2D eigenvalue weighted by molar-refractivity contribution is 0.00762. The van der Waals surface area contributed by atoms with Gasteiger partial charge in [-0.3, -0.25) is 0 Å². The third-order valence-electron chi connectivity index (χ3n) is 4.31. The second-order valence-electron chi connectivity index (χ2n) is 6.51. The minimum atomic E-state index is -1.11. The smallest absolute Gasteiger partial charge is 0.409 e. The molecular weight excluding hydrogens is 342 g/mol. The van der Waals surface area contributed by atoms with Gasteiger partial charge in [0.25, 0.3) is 0 Å². The maximum absolute atomic E-state index is 12.0. The molecule has 0 spiro atoms. The molecule has 8 heteroatoms. The Balaban J connectivity index is 1.97. The van der Waals surface area contributed by atoms with Gasteiger partial charge in [0.15, 0.2) is 6.10 Å². The summed E-state index contributed by atoms with van der Waals surface area (Å²) < 4.78 is 11.4. The number of nitrogens with zero attached hydrogens (tertiary/aromatic N) is 1. The van der Waals surface area contributed by atoms with Gasteiger partial charge >= 0.3 is 6.09 Å². The van der Waals surface area contributed by atoms with Gasteiger partial charge in [0.2, 0.25) is 0 Å². The van der Waals surface area contributed by atoms with E-state index in [0.717, 1.165) is 0 Å². The van der Waals surface area contributed by atoms with Crippen LogP contribution >= 0.6 is 0 Å². The lowest BCUT2D eigenvalue weighted by Crippen LogP contribution is -2.44. The Labute approximate surface area is 150 Å². The fourth-order valence-electron chi connectivity index (χ4n) is 2.93. The average molecular weight is 363 g/mol. The van der Waals surface area contributed by atoms with Crippen molar-refractivity contribution in [2.45, 2.75) is 30.8 Å². The molecule has 3 rings (SSSR count). The Morgan fingerprint density at radius 2 is 1.96 bits per heavy atom. The number of amides is 1. The lowest BCUT2D eigenvalue weighted by Gasteiger charge is -2.35. The van der Waals surface area contributed by atoms with E-state index in [-0.39, 0.29) is 23.7 Å². The highest BCUT2D eigenvalue weighted by Crippen LogP contribution is 2.40. The Morgan fingerprint density at radius 1 is 1.23 bits per heavy atom. The molecule has 3 unspecified atom stereocenters. The third-order valence-corrected chi connectivity index (χ3v) is 4.31. The Hall–Kier alpha value is -2.71. The molecule has 0 saturated heterocycles. The first-order valence-electron chi connectivity index (χ1n) is 8.11. The van der Waals surface area contributed by atoms with Gasteiger partial charge in [0.1, 0.15) is 35.6 Å². The van der Waals surface area contributed by atoms with Gasteiger partial charge in [-0.2, -0.15) is 0 Å². The van der Waals surface area contributed by atoms with E-state index in [0.29, 0.717) is 11.1 Å². The third kappa shape index (κ3) is 3.47. The van der Waals surface area contributed by atoms with Gasteiger partial charge in [0.05, 0.1) is 0 Å². The van der Waals surface area contributed by atoms with Gasteiger partial charge in [-0.1, -0.05) is 12.2 Å². The molecule has 0 radical (unpaired) electrons. The zero-order chi connectivity index (χ0) is 19.0. The van der Waals surface area contributed by atoms with Crippen LogP contribution in [0.2, 0.25) is 0 Å². The predicted octanol–water partition coefficient (Wildman–Crippen LogP) is 0.686. The number of aliphatic hydroxyl groups excluding tert-OH is 2. The van der Waals surface area contributed by atoms with E-state index < -0.39 is 30.5 Å². The molecule has 4 N–H and O–H groups in total. The van der Waals surface area contributed by atoms with Crippen LogP contribution in [0.15, 0.2) is 35.9 Å². The second-order valence-corrected chi connectivity index (χ2v) is 6.51. The van der Waals surface area contributed by atoms with Gasteiger partial charge in [-0.15, -0.1) is 0 Å². The molecule has 1 aliphatic carbocycles. The Morgan fingerprint density at radius 3 is 2.62 bits per heavy atom. The summed E-state index contributed by atoms with van der Waals surface area (Å²) in [6.07, 6.45) is 0.349. The molecule has 1 aromatic rings. The predicted molar refractivity (Wildman–Crippen MR) is 91.1 cm³/mol. The highest BCUT2D eigenvalue weighted by Gasteiger charge is 2.38. The molecule has 0 saturated carbocycles. The summed E-state index contributed by atoms with van der Waals surface area (Å²) in [4.78, 5) is 13.3. The fourth-order valence-corrected chi connectivity index (χ4v) is 2.93. The van der Waals surface area contributed by atoms with E-state index in [2.05, 4.69) is 0 Å². The molecule has 1 heterocycles. The van der Waals surface area contributed by atoms with Crippen molar-refractivity contribution < 1.29 is 34.7 Å². The number of aliphatic hydroxyl groups is 2. The van der Waals surface area contributed by atoms with Crippen LogP contribution in [0.5, 0.6) is 17.2 Å². The zero-order valence-corrected chi connectivity index (χ0v) is 14.4. The number of hydrogen-bond acceptors (Lipinski definition) is 7. The maximum atomic E-state index is 12.0. The van der Waals surface area contributed by atoms with E-state index in [9.17, 15) is 25.2 Å². The van der Waals surface area contributed by atoms with Crippen LogP contribution < -0.4 is 4.74 Å². The van der Waals surface area contributed by atoms with Crippen LogP contribution in [-0.4, -0.2) is 69.9 Å². The first-order valence-corrected chi connectivity index (χ1v) is 8.11. The van der Waals surface area contributed by atoms with Gasteiger partial charge in [-0.05, 0) is 11.6 Å². The molecule has 8 nitrogen and oxygen atoms in total. The normalized spacial score (nSPS) is 27.2. The number of benzene rings is 1. The molecule has 0 aromatic heterocycles. The van der Waals surface area contributed by atoms with E-state index in [1.165, 1.54) is 29.2 Å². The van der Waals surface area contributed by atoms with E-state index in [1.54, 1.807) is 20.2 Å². The topological polar surface area (TPSA) is 120 Å². The van der Waals surface area contributed by atoms with E-state index >= 15 is 0 Å². The molecule has 0 fully saturated rings. The quantitative estimate of drug-likeness (QED) is 0.610. The summed E-state index contributed by atoms with van der Waals surface area (Å²) in [5, 5.41) is 39.3. The highest BCUT2D eigenvalue weighted by atomic mass is 16.6. The number of fused-ring (bicyclic) bond motifs is 1. The van der Waals surface area contributed by atoms with E-state index in [4.69, 9.17) is 9.47 Å². The standard InChI is InChI=1S/C18H21NO7/c1-19(2)18(24)26-16-8-11-13(22)6-10(20)7-15(11)25-17(16)9-3-4-12(21)14(23)5-9/h3-7,12,14,16-17,20-23H,8H2,1-2H3/t12?,14?,16-,17?/m1/s1. The van der Waals surface area contributed by atoms with Gasteiger partial charge in [-0.25, -0.2) is 4.79 Å². The minimum absolute atomic E-state index is 0.159. The fraction of sp³-hybridized carbons (Fsp3) is 0.389. The number of ether oxygens (including phenoxy) is 2. The van der Waals surface area contributed by atoms with Crippen molar-refractivity contribution >= 4 is 6.09 Å². The number of phenolic OH excluding ortho intramolecular Hbond substituents is 2. The lowest BCUT2D eigenvalue weighted by atomic mass is 9.90. The van der Waals surface area contributed by atoms with E-state index in [1.807, 2.05) is 0 Å². The molecule has 0 bridgehead atoms. The monoisotopic (exact) mass is 363 g/mol. The van der Waals surface area contributed by atoms with Crippen molar-refractivity contribution in [1.82, 2.24) is 4.90 Å². The van der Waals surface area contributed by atoms with Crippen molar-refractivity contribution in [2.75, 3.05) is 14.1 Å². The van der Waals surface area contributed by atoms with Crippen molar-refractivity contribution in [3.8, 4) is 17.2 Å². The number of phenols is 2. The summed E-state index contributed by atoms with van der Waals surface area (Å²) in [5.74, 6) is -0.0557. The molecule has 140 valence electrons. The van der Waals surface area contributed by atoms with Crippen molar-refractivity contribution in [3.05, 3.63) is 41.5 Å². The zero-order valence-electron chi connectivity index (χ0n) is 14.4. The Bertz CT molecular complexity index is 771. The van der Waals surface area contributed by atoms with Crippen LogP contribution in [0.4, 0.5) is 4.79 Å². The van der Waals surface area contributed by atoms with Gasteiger partial charge < -0.3 is 34.8 Å². The van der Waals surface area contributed by atoms with Crippen LogP contribution in [0.25, 0.3) is 0 Å². The summed E-state index contributed by atoms with van der Waals surface area (Å²) in [6.45, 7) is 0. The largest absolute Gasteiger partial charge is 0.508 e. The summed E-state index contributed by atoms with van der Waals surface area (Å²) in [6, 6.07) is 2.55. The van der Waals surface area contributed by atoms with Crippen LogP contribution in [0, 0.1) is 0 Å². The SMILES string of the molecule is CN(C)C(=O)O[C@@H]1Cc2c(O)cc(O)cc2OC1C1=CC(O)C(O)C=C1. The number of carbonyl (C=O) groups is 1. The first-order chi connectivity index (χ1) is 12.3. The van der Waals surface area contributed by atoms with Crippen molar-refractivity contribution in [1.29, 1.82) is 0 Å². The van der Waals surface area contributed by atoms with Gasteiger partial charge in [0, 0.05) is 38.2 Å². The molecule has 2 aliphatic rings. The number of aromatic hydroxyl groups is 2. The molecule has 4 atom stereocenters. The maximum Gasteiger partial charge on any atom is 0.409 e. The second kappa shape index (κ2) is 6.89. The summed E-state index contributed by atoms with van der Waals surface area (Å²) >= 11 is 0. The summed E-state index contributed by atoms with van der Waals surface area (Å²) in [5.41, 5.74) is 0.935. The molecule has 1 aliphatic heterocycles. The molecule has 1 aromatic carbocycles. The van der Waals surface area contributed by atoms with Crippen LogP contribution in [0.3, 0.4) is 0 Å². The number of hydrogen-bond donors (Lipinski definition) is 4. The summed E-state index contributed by atoms with van der Waals surface area (Å²) in [7, 11) is 3.09. The molecule has 26 heavy (non-hydrogen) atoms. The first kappa shape index (κ1) is 18.1. The molecular formula is C18H21NO7. The van der Waals surface area contributed by atoms with Crippen LogP contribution in [-0.2, 0) is 11.2 Å². The Kier molecular flexibility index (Phi) is 4.80. The number of rotatable bonds is 2. The van der Waals surface area contributed by atoms with Crippen molar-refractivity contribution in [3.63, 3.8) is 0 Å². The number of carbonyl (C=O) groups excluding carboxylic acids is 1. The highest BCUT2D eigenvalue weighted by molar-refractivity contribution is 5.67. The average Bonchev–Trinajstić information content (AvgIpc) is 2.57. The van der Waals surface area contributed by atoms with Crippen molar-refractivity contribution in [2.24, 2.45) is 0 Å².